The van der Waals surface area contributed by atoms with Crippen LogP contribution in [0.3, 0.4) is 0 Å². The number of carbonyl (C=O) groups excluding carboxylic acids is 2. The fourth-order valence-corrected chi connectivity index (χ4v) is 3.88. The molecular weight excluding hydrogens is 364 g/mol. The zero-order chi connectivity index (χ0) is 21.3. The van der Waals surface area contributed by atoms with Crippen LogP contribution in [0.5, 0.6) is 0 Å². The van der Waals surface area contributed by atoms with Crippen molar-refractivity contribution in [1.29, 1.82) is 0 Å². The topological polar surface area (TPSA) is 51.5 Å². The fraction of sp³-hybridized carbons (Fsp3) is 0.333. The van der Waals surface area contributed by atoms with Crippen molar-refractivity contribution in [2.75, 3.05) is 13.7 Å². The number of aromatic nitrogens is 1. The first-order valence-corrected chi connectivity index (χ1v) is 9.83. The maximum atomic E-state index is 13.2. The Kier molecular flexibility index (Phi) is 5.78. The number of esters is 1. The molecule has 1 aliphatic heterocycles. The van der Waals surface area contributed by atoms with Gasteiger partial charge in [0, 0.05) is 29.3 Å². The van der Waals surface area contributed by atoms with Gasteiger partial charge in [0.15, 0.2) is 0 Å². The molecule has 0 fully saturated rings. The number of para-hydroxylation sites is 1. The van der Waals surface area contributed by atoms with Crippen molar-refractivity contribution in [3.05, 3.63) is 70.2 Å². The van der Waals surface area contributed by atoms with Crippen molar-refractivity contribution >= 4 is 18.0 Å². The van der Waals surface area contributed by atoms with E-state index >= 15 is 0 Å². The summed E-state index contributed by atoms with van der Waals surface area (Å²) in [6.07, 6.45) is 1.82. The van der Waals surface area contributed by atoms with Crippen LogP contribution >= 0.6 is 0 Å². The molecule has 1 aromatic heterocycles. The molecule has 0 atom stereocenters. The average molecular weight is 392 g/mol. The average Bonchev–Trinajstić information content (AvgIpc) is 3.09. The molecule has 0 radical (unpaired) electrons. The molecule has 5 nitrogen and oxygen atoms in total. The number of nitrogens with zero attached hydrogens (tertiary/aromatic N) is 2. The van der Waals surface area contributed by atoms with Gasteiger partial charge in [-0.05, 0) is 56.5 Å². The Labute approximate surface area is 172 Å². The van der Waals surface area contributed by atoms with Crippen molar-refractivity contribution in [1.82, 2.24) is 9.47 Å². The highest BCUT2D eigenvalue weighted by Gasteiger charge is 2.37. The summed E-state index contributed by atoms with van der Waals surface area (Å²) in [7, 11) is 1.34. The Morgan fingerprint density at radius 1 is 1.14 bits per heavy atom. The highest BCUT2D eigenvalue weighted by Crippen LogP contribution is 2.33. The molecule has 0 aliphatic carbocycles. The molecule has 1 aromatic carbocycles. The van der Waals surface area contributed by atoms with Crippen molar-refractivity contribution in [2.45, 2.75) is 34.6 Å². The minimum Gasteiger partial charge on any atom is -0.465 e. The van der Waals surface area contributed by atoms with Gasteiger partial charge in [0.05, 0.1) is 18.3 Å². The van der Waals surface area contributed by atoms with Crippen LogP contribution in [0.2, 0.25) is 0 Å². The molecule has 3 rings (SSSR count). The second-order valence-electron chi connectivity index (χ2n) is 7.82. The molecule has 29 heavy (non-hydrogen) atoms. The van der Waals surface area contributed by atoms with Crippen LogP contribution in [0.25, 0.3) is 11.8 Å². The van der Waals surface area contributed by atoms with Crippen LogP contribution in [-0.2, 0) is 14.3 Å². The van der Waals surface area contributed by atoms with Gasteiger partial charge in [-0.1, -0.05) is 32.0 Å². The molecule has 0 unspecified atom stereocenters. The number of hydrogen-bond donors (Lipinski definition) is 0. The molecule has 1 aliphatic rings. The first-order chi connectivity index (χ1) is 13.8. The van der Waals surface area contributed by atoms with E-state index in [4.69, 9.17) is 4.74 Å². The molecule has 5 heteroatoms. The molecule has 2 aromatic rings. The standard InChI is InChI=1S/C24H28N2O3/c1-15(2)14-25-18(5)22(24(28)29-6)21(23(25)27)13-19-12-16(3)26(17(19)4)20-10-8-7-9-11-20/h7-13,15H,14H2,1-6H3/b21-13-. The zero-order valence-electron chi connectivity index (χ0n) is 17.9. The largest absolute Gasteiger partial charge is 0.465 e. The van der Waals surface area contributed by atoms with Gasteiger partial charge in [-0.2, -0.15) is 0 Å². The lowest BCUT2D eigenvalue weighted by Crippen LogP contribution is -2.28. The molecule has 152 valence electrons. The summed E-state index contributed by atoms with van der Waals surface area (Å²) < 4.78 is 7.13. The van der Waals surface area contributed by atoms with Gasteiger partial charge in [-0.15, -0.1) is 0 Å². The molecule has 0 bridgehead atoms. The van der Waals surface area contributed by atoms with Crippen LogP contribution in [0.1, 0.15) is 37.7 Å². The number of methoxy groups -OCH3 is 1. The van der Waals surface area contributed by atoms with Crippen molar-refractivity contribution in [2.24, 2.45) is 5.92 Å². The van der Waals surface area contributed by atoms with Crippen LogP contribution in [0, 0.1) is 19.8 Å². The number of carbonyl (C=O) groups is 2. The normalized spacial score (nSPS) is 15.8. The first-order valence-electron chi connectivity index (χ1n) is 9.83. The third-order valence-corrected chi connectivity index (χ3v) is 5.23. The quantitative estimate of drug-likeness (QED) is 0.559. The highest BCUT2D eigenvalue weighted by atomic mass is 16.5. The number of amides is 1. The van der Waals surface area contributed by atoms with E-state index < -0.39 is 5.97 Å². The van der Waals surface area contributed by atoms with Gasteiger partial charge in [0.25, 0.3) is 5.91 Å². The molecule has 2 heterocycles. The van der Waals surface area contributed by atoms with Gasteiger partial charge in [0.2, 0.25) is 0 Å². The van der Waals surface area contributed by atoms with Crippen LogP contribution in [0.15, 0.2) is 53.2 Å². The van der Waals surface area contributed by atoms with E-state index in [0.717, 1.165) is 22.6 Å². The first kappa shape index (κ1) is 20.6. The van der Waals surface area contributed by atoms with Crippen molar-refractivity contribution in [3.8, 4) is 5.69 Å². The lowest BCUT2D eigenvalue weighted by atomic mass is 10.0. The second-order valence-corrected chi connectivity index (χ2v) is 7.82. The van der Waals surface area contributed by atoms with Gasteiger partial charge in [0.1, 0.15) is 0 Å². The smallest absolute Gasteiger partial charge is 0.340 e. The van der Waals surface area contributed by atoms with Gasteiger partial charge in [-0.25, -0.2) is 4.79 Å². The van der Waals surface area contributed by atoms with E-state index in [2.05, 4.69) is 4.57 Å². The maximum absolute atomic E-state index is 13.2. The lowest BCUT2D eigenvalue weighted by Gasteiger charge is -2.19. The van der Waals surface area contributed by atoms with E-state index in [-0.39, 0.29) is 11.8 Å². The third kappa shape index (κ3) is 3.77. The molecule has 0 N–H and O–H groups in total. The van der Waals surface area contributed by atoms with E-state index in [1.807, 2.05) is 70.2 Å². The summed E-state index contributed by atoms with van der Waals surface area (Å²) >= 11 is 0. The third-order valence-electron chi connectivity index (χ3n) is 5.23. The lowest BCUT2D eigenvalue weighted by molar-refractivity contribution is -0.136. The Balaban J connectivity index is 2.12. The van der Waals surface area contributed by atoms with Gasteiger partial charge < -0.3 is 14.2 Å². The van der Waals surface area contributed by atoms with Crippen LogP contribution < -0.4 is 0 Å². The minimum atomic E-state index is -0.481. The van der Waals surface area contributed by atoms with Gasteiger partial charge >= 0.3 is 5.97 Å². The van der Waals surface area contributed by atoms with Crippen LogP contribution in [0.4, 0.5) is 0 Å². The summed E-state index contributed by atoms with van der Waals surface area (Å²) in [6.45, 7) is 10.5. The fourth-order valence-electron chi connectivity index (χ4n) is 3.88. The summed E-state index contributed by atoms with van der Waals surface area (Å²) in [4.78, 5) is 27.3. The molecule has 0 saturated carbocycles. The van der Waals surface area contributed by atoms with E-state index in [0.29, 0.717) is 23.4 Å². The molecule has 1 amide bonds. The summed E-state index contributed by atoms with van der Waals surface area (Å²) in [6, 6.07) is 12.1. The summed E-state index contributed by atoms with van der Waals surface area (Å²) in [5, 5.41) is 0. The Bertz CT molecular complexity index is 1010. The number of ether oxygens (including phenoxy) is 1. The summed E-state index contributed by atoms with van der Waals surface area (Å²) in [5.41, 5.74) is 5.44. The Hall–Kier alpha value is -3.08. The van der Waals surface area contributed by atoms with Crippen molar-refractivity contribution in [3.63, 3.8) is 0 Å². The predicted molar refractivity (Wildman–Crippen MR) is 114 cm³/mol. The van der Waals surface area contributed by atoms with E-state index in [9.17, 15) is 9.59 Å². The second kappa shape index (κ2) is 8.11. The molecule has 0 spiro atoms. The zero-order valence-corrected chi connectivity index (χ0v) is 17.9. The number of hydrogen-bond acceptors (Lipinski definition) is 3. The van der Waals surface area contributed by atoms with E-state index in [1.165, 1.54) is 7.11 Å². The van der Waals surface area contributed by atoms with Crippen molar-refractivity contribution < 1.29 is 14.3 Å². The SMILES string of the molecule is COC(=O)C1=C(C)N(CC(C)C)C(=O)/C1=C\c1cc(C)n(-c2ccccc2)c1C. The highest BCUT2D eigenvalue weighted by molar-refractivity contribution is 6.16. The Morgan fingerprint density at radius 2 is 1.79 bits per heavy atom. The molecule has 0 saturated heterocycles. The Morgan fingerprint density at radius 3 is 2.38 bits per heavy atom. The number of benzene rings is 1. The molecular formula is C24H28N2O3. The number of aryl methyl sites for hydroxylation is 1. The summed E-state index contributed by atoms with van der Waals surface area (Å²) in [5.74, 6) is -0.346. The monoisotopic (exact) mass is 392 g/mol. The van der Waals surface area contributed by atoms with Crippen LogP contribution in [-0.4, -0.2) is 35.0 Å². The minimum absolute atomic E-state index is 0.152. The van der Waals surface area contributed by atoms with E-state index in [1.54, 1.807) is 11.8 Å². The van der Waals surface area contributed by atoms with Gasteiger partial charge in [-0.3, -0.25) is 4.79 Å². The predicted octanol–water partition coefficient (Wildman–Crippen LogP) is 4.42. The number of rotatable bonds is 5. The maximum Gasteiger partial charge on any atom is 0.340 e. The number of allylic oxidation sites excluding steroid dienone is 1.